The number of aliphatic hydroxyl groups is 1. The number of aryl methyl sites for hydroxylation is 2. The van der Waals surface area contributed by atoms with Gasteiger partial charge in [-0.1, -0.05) is 68.6 Å². The molecule has 2 unspecified atom stereocenters. The van der Waals surface area contributed by atoms with Crippen LogP contribution >= 0.6 is 22.9 Å². The van der Waals surface area contributed by atoms with Gasteiger partial charge in [0.2, 0.25) is 0 Å². The van der Waals surface area contributed by atoms with Gasteiger partial charge in [-0.25, -0.2) is 4.98 Å². The smallest absolute Gasteiger partial charge is 0.265 e. The van der Waals surface area contributed by atoms with E-state index in [1.165, 1.54) is 11.3 Å². The number of nitrogens with zero attached hydrogens (tertiary/aromatic N) is 2. The Hall–Kier alpha value is -3.26. The minimum absolute atomic E-state index is 0.209. The predicted molar refractivity (Wildman–Crippen MR) is 163 cm³/mol. The molecule has 0 aliphatic heterocycles. The first-order valence-electron chi connectivity index (χ1n) is 13.9. The number of thiazole rings is 1. The highest BCUT2D eigenvalue weighted by molar-refractivity contribution is 7.13. The second-order valence-electron chi connectivity index (χ2n) is 10.3. The Labute approximate surface area is 243 Å². The first-order chi connectivity index (χ1) is 19.3. The van der Waals surface area contributed by atoms with Gasteiger partial charge in [0.15, 0.2) is 0 Å². The number of hydrogen-bond donors (Lipinski definition) is 2. The van der Waals surface area contributed by atoms with Crippen LogP contribution in [0.1, 0.15) is 66.7 Å². The molecule has 8 heteroatoms. The molecular weight excluding hydrogens is 542 g/mol. The van der Waals surface area contributed by atoms with E-state index in [9.17, 15) is 14.7 Å². The van der Waals surface area contributed by atoms with Crippen molar-refractivity contribution < 1.29 is 9.90 Å². The molecule has 2 aromatic heterocycles. The summed E-state index contributed by atoms with van der Waals surface area (Å²) in [6.45, 7) is 5.96. The van der Waals surface area contributed by atoms with Crippen LogP contribution < -0.4 is 10.9 Å². The molecule has 2 N–H and O–H groups in total. The van der Waals surface area contributed by atoms with Crippen molar-refractivity contribution in [3.63, 3.8) is 0 Å². The van der Waals surface area contributed by atoms with Crippen LogP contribution in [0.3, 0.4) is 0 Å². The van der Waals surface area contributed by atoms with Crippen LogP contribution in [-0.2, 0) is 12.8 Å². The lowest BCUT2D eigenvalue weighted by atomic mass is 9.92. The molecule has 1 aliphatic carbocycles. The van der Waals surface area contributed by atoms with Crippen LogP contribution in [0.5, 0.6) is 0 Å². The normalized spacial score (nSPS) is 17.1. The summed E-state index contributed by atoms with van der Waals surface area (Å²) in [5.41, 5.74) is 5.69. The van der Waals surface area contributed by atoms with Crippen molar-refractivity contribution in [2.24, 2.45) is 0 Å². The highest BCUT2D eigenvalue weighted by Gasteiger charge is 2.28. The number of hydrogen-bond acceptors (Lipinski definition) is 5. The Morgan fingerprint density at radius 2 is 1.77 bits per heavy atom. The first-order valence-corrected chi connectivity index (χ1v) is 15.2. The van der Waals surface area contributed by atoms with Crippen molar-refractivity contribution in [1.82, 2.24) is 14.9 Å². The minimum atomic E-state index is -0.572. The molecule has 0 bridgehead atoms. The summed E-state index contributed by atoms with van der Waals surface area (Å²) < 4.78 is 1.70. The van der Waals surface area contributed by atoms with E-state index in [4.69, 9.17) is 16.6 Å². The fraction of sp³-hybridized carbons (Fsp3) is 0.344. The van der Waals surface area contributed by atoms with E-state index >= 15 is 0 Å². The van der Waals surface area contributed by atoms with E-state index in [1.54, 1.807) is 10.6 Å². The van der Waals surface area contributed by atoms with Gasteiger partial charge >= 0.3 is 0 Å². The SMILES string of the molecule is CCc1cccc(CC)c1-n1c(C)c(C(=O)NC2CCCCC2O)cc(-c2nc(-c3ccc(Cl)cc3)cs2)c1=O. The van der Waals surface area contributed by atoms with Crippen LogP contribution in [0.4, 0.5) is 0 Å². The van der Waals surface area contributed by atoms with Gasteiger partial charge in [0.1, 0.15) is 5.01 Å². The van der Waals surface area contributed by atoms with Crippen LogP contribution in [-0.4, -0.2) is 32.7 Å². The average molecular weight is 576 g/mol. The number of carbonyl (C=O) groups is 1. The molecule has 0 radical (unpaired) electrons. The van der Waals surface area contributed by atoms with Gasteiger partial charge in [0, 0.05) is 21.7 Å². The lowest BCUT2D eigenvalue weighted by Crippen LogP contribution is -2.45. The van der Waals surface area contributed by atoms with Crippen LogP contribution in [0.2, 0.25) is 5.02 Å². The van der Waals surface area contributed by atoms with E-state index in [2.05, 4.69) is 19.2 Å². The molecule has 0 spiro atoms. The Balaban J connectivity index is 1.69. The maximum Gasteiger partial charge on any atom is 0.265 e. The molecule has 1 aliphatic rings. The largest absolute Gasteiger partial charge is 0.391 e. The highest BCUT2D eigenvalue weighted by Crippen LogP contribution is 2.31. The molecule has 208 valence electrons. The Morgan fingerprint density at radius 1 is 1.10 bits per heavy atom. The summed E-state index contributed by atoms with van der Waals surface area (Å²) in [4.78, 5) is 32.8. The molecule has 1 saturated carbocycles. The number of nitrogens with one attached hydrogen (secondary N) is 1. The molecular formula is C32H34ClN3O3S. The minimum Gasteiger partial charge on any atom is -0.391 e. The monoisotopic (exact) mass is 575 g/mol. The number of carbonyl (C=O) groups excluding carboxylic acids is 1. The van der Waals surface area contributed by atoms with Crippen molar-refractivity contribution in [2.45, 2.75) is 71.4 Å². The standard InChI is InChI=1S/C32H34ClN3O3S/c1-4-20-9-8-10-21(5-2)29(20)36-19(3)24(30(38)34-26-11-6-7-12-28(26)37)17-25(32(36)39)31-35-27(18-40-31)22-13-15-23(33)16-14-22/h8-10,13-18,26,28,37H,4-7,11-12H2,1-3H3,(H,34,38). The van der Waals surface area contributed by atoms with Crippen LogP contribution in [0.25, 0.3) is 27.5 Å². The fourth-order valence-electron chi connectivity index (χ4n) is 5.53. The van der Waals surface area contributed by atoms with Crippen molar-refractivity contribution in [3.8, 4) is 27.5 Å². The summed E-state index contributed by atoms with van der Waals surface area (Å²) >= 11 is 7.44. The first kappa shape index (κ1) is 28.3. The van der Waals surface area contributed by atoms with Gasteiger partial charge in [0.05, 0.1) is 34.7 Å². The van der Waals surface area contributed by atoms with Gasteiger partial charge < -0.3 is 10.4 Å². The quantitative estimate of drug-likeness (QED) is 0.255. The molecule has 2 atom stereocenters. The number of aromatic nitrogens is 2. The van der Waals surface area contributed by atoms with E-state index in [0.29, 0.717) is 33.3 Å². The lowest BCUT2D eigenvalue weighted by molar-refractivity contribution is 0.0716. The number of para-hydroxylation sites is 1. The third-order valence-corrected chi connectivity index (χ3v) is 8.93. The number of amides is 1. The Morgan fingerprint density at radius 3 is 2.42 bits per heavy atom. The maximum atomic E-state index is 14.3. The third-order valence-electron chi connectivity index (χ3n) is 7.80. The molecule has 1 fully saturated rings. The molecule has 6 nitrogen and oxygen atoms in total. The summed E-state index contributed by atoms with van der Waals surface area (Å²) in [7, 11) is 0. The number of halogens is 1. The Bertz CT molecular complexity index is 1570. The molecule has 40 heavy (non-hydrogen) atoms. The fourth-order valence-corrected chi connectivity index (χ4v) is 6.50. The van der Waals surface area contributed by atoms with Gasteiger partial charge in [-0.15, -0.1) is 11.3 Å². The molecule has 4 aromatic rings. The van der Waals surface area contributed by atoms with E-state index in [-0.39, 0.29) is 17.5 Å². The number of aliphatic hydroxyl groups excluding tert-OH is 1. The zero-order valence-corrected chi connectivity index (χ0v) is 24.6. The highest BCUT2D eigenvalue weighted by atomic mass is 35.5. The zero-order valence-electron chi connectivity index (χ0n) is 23.0. The molecule has 0 saturated heterocycles. The van der Waals surface area contributed by atoms with Crippen molar-refractivity contribution in [2.75, 3.05) is 0 Å². The van der Waals surface area contributed by atoms with Gasteiger partial charge in [-0.05, 0) is 61.9 Å². The predicted octanol–water partition coefficient (Wildman–Crippen LogP) is 6.75. The third kappa shape index (κ3) is 5.51. The molecule has 5 rings (SSSR count). The van der Waals surface area contributed by atoms with Crippen LogP contribution in [0, 0.1) is 6.92 Å². The Kier molecular flexibility index (Phi) is 8.54. The average Bonchev–Trinajstić information content (AvgIpc) is 3.44. The summed E-state index contributed by atoms with van der Waals surface area (Å²) in [6, 6.07) is 14.9. The molecule has 2 heterocycles. The second kappa shape index (κ2) is 12.1. The van der Waals surface area contributed by atoms with Crippen molar-refractivity contribution >= 4 is 28.8 Å². The maximum absolute atomic E-state index is 14.3. The van der Waals surface area contributed by atoms with Gasteiger partial charge in [-0.2, -0.15) is 0 Å². The van der Waals surface area contributed by atoms with Crippen molar-refractivity contribution in [3.05, 3.63) is 91.7 Å². The van der Waals surface area contributed by atoms with Gasteiger partial charge in [0.25, 0.3) is 11.5 Å². The van der Waals surface area contributed by atoms with E-state index in [1.807, 2.05) is 54.8 Å². The molecule has 2 aromatic carbocycles. The number of pyridine rings is 1. The second-order valence-corrected chi connectivity index (χ2v) is 11.6. The number of rotatable bonds is 7. The van der Waals surface area contributed by atoms with Crippen molar-refractivity contribution in [1.29, 1.82) is 0 Å². The van der Waals surface area contributed by atoms with E-state index < -0.39 is 6.10 Å². The summed E-state index contributed by atoms with van der Waals surface area (Å²) in [5, 5.41) is 16.7. The lowest BCUT2D eigenvalue weighted by Gasteiger charge is -2.29. The number of benzene rings is 2. The topological polar surface area (TPSA) is 84.2 Å². The summed E-state index contributed by atoms with van der Waals surface area (Å²) in [5.74, 6) is -0.292. The van der Waals surface area contributed by atoms with Gasteiger partial charge in [-0.3, -0.25) is 14.2 Å². The van der Waals surface area contributed by atoms with Crippen LogP contribution in [0.15, 0.2) is 58.7 Å². The molecule has 1 amide bonds. The zero-order chi connectivity index (χ0) is 28.4. The van der Waals surface area contributed by atoms with E-state index in [0.717, 1.165) is 60.2 Å². The summed E-state index contributed by atoms with van der Waals surface area (Å²) in [6.07, 6.45) is 4.23.